The summed E-state index contributed by atoms with van der Waals surface area (Å²) < 4.78 is 0. The summed E-state index contributed by atoms with van der Waals surface area (Å²) in [4.78, 5) is 24.1. The first-order valence-corrected chi connectivity index (χ1v) is 11.9. The SMILES string of the molecule is CCCc1ccccc1NC(=O)N[C@H]1CC[C@@H](Nc2nc(N(C)C)c3ccccc3n2)CC1. The molecule has 174 valence electrons. The zero-order valence-corrected chi connectivity index (χ0v) is 19.8. The molecule has 1 aromatic heterocycles. The number of hydrogen-bond donors (Lipinski definition) is 3. The predicted octanol–water partition coefficient (Wildman–Crippen LogP) is 5.19. The number of rotatable bonds is 7. The molecule has 0 spiro atoms. The summed E-state index contributed by atoms with van der Waals surface area (Å²) in [5, 5.41) is 10.8. The minimum atomic E-state index is -0.122. The number of carbonyl (C=O) groups excluding carboxylic acids is 1. The Morgan fingerprint density at radius 1 is 0.970 bits per heavy atom. The summed E-state index contributed by atoms with van der Waals surface area (Å²) in [5.74, 6) is 1.58. The molecule has 0 unspecified atom stereocenters. The largest absolute Gasteiger partial charge is 0.362 e. The Labute approximate surface area is 196 Å². The molecule has 0 saturated heterocycles. The van der Waals surface area contributed by atoms with Crippen molar-refractivity contribution in [1.29, 1.82) is 0 Å². The Morgan fingerprint density at radius 3 is 2.42 bits per heavy atom. The number of aromatic nitrogens is 2. The van der Waals surface area contributed by atoms with E-state index in [9.17, 15) is 4.79 Å². The van der Waals surface area contributed by atoms with E-state index in [1.165, 1.54) is 5.56 Å². The highest BCUT2D eigenvalue weighted by Gasteiger charge is 2.23. The molecule has 7 heteroatoms. The van der Waals surface area contributed by atoms with Crippen LogP contribution in [0.4, 0.5) is 22.2 Å². The molecule has 1 saturated carbocycles. The molecule has 0 bridgehead atoms. The van der Waals surface area contributed by atoms with Gasteiger partial charge in [-0.1, -0.05) is 43.7 Å². The van der Waals surface area contributed by atoms with E-state index in [1.54, 1.807) is 0 Å². The van der Waals surface area contributed by atoms with E-state index >= 15 is 0 Å². The average Bonchev–Trinajstić information content (AvgIpc) is 2.81. The van der Waals surface area contributed by atoms with Crippen LogP contribution in [-0.2, 0) is 6.42 Å². The Balaban J connectivity index is 1.32. The van der Waals surface area contributed by atoms with Crippen LogP contribution in [0.25, 0.3) is 10.9 Å². The van der Waals surface area contributed by atoms with Crippen molar-refractivity contribution < 1.29 is 4.79 Å². The molecular formula is C26H34N6O. The number of nitrogens with zero attached hydrogens (tertiary/aromatic N) is 3. The molecule has 33 heavy (non-hydrogen) atoms. The van der Waals surface area contributed by atoms with Crippen LogP contribution in [0.5, 0.6) is 0 Å². The Bertz CT molecular complexity index is 1090. The van der Waals surface area contributed by atoms with E-state index < -0.39 is 0 Å². The van der Waals surface area contributed by atoms with Crippen molar-refractivity contribution in [2.45, 2.75) is 57.5 Å². The number of nitrogens with one attached hydrogen (secondary N) is 3. The number of anilines is 3. The molecule has 4 rings (SSSR count). The molecule has 3 N–H and O–H groups in total. The van der Waals surface area contributed by atoms with E-state index in [1.807, 2.05) is 55.4 Å². The van der Waals surface area contributed by atoms with Crippen LogP contribution in [0, 0.1) is 0 Å². The lowest BCUT2D eigenvalue weighted by molar-refractivity contribution is 0.243. The van der Waals surface area contributed by atoms with Crippen molar-refractivity contribution >= 4 is 34.4 Å². The van der Waals surface area contributed by atoms with Gasteiger partial charge in [-0.3, -0.25) is 0 Å². The van der Waals surface area contributed by atoms with Crippen LogP contribution in [0.1, 0.15) is 44.6 Å². The lowest BCUT2D eigenvalue weighted by Crippen LogP contribution is -2.42. The molecule has 1 heterocycles. The smallest absolute Gasteiger partial charge is 0.319 e. The molecule has 1 fully saturated rings. The van der Waals surface area contributed by atoms with Gasteiger partial charge in [-0.2, -0.15) is 4.98 Å². The first-order chi connectivity index (χ1) is 16.0. The lowest BCUT2D eigenvalue weighted by atomic mass is 9.91. The predicted molar refractivity (Wildman–Crippen MR) is 136 cm³/mol. The van der Waals surface area contributed by atoms with Gasteiger partial charge < -0.3 is 20.9 Å². The summed E-state index contributed by atoms with van der Waals surface area (Å²) in [6, 6.07) is 16.5. The highest BCUT2D eigenvalue weighted by molar-refractivity contribution is 5.91. The molecule has 0 radical (unpaired) electrons. The number of urea groups is 1. The average molecular weight is 447 g/mol. The normalized spacial score (nSPS) is 18.0. The third kappa shape index (κ3) is 5.72. The number of amides is 2. The molecule has 3 aromatic rings. The minimum Gasteiger partial charge on any atom is -0.362 e. The van der Waals surface area contributed by atoms with Gasteiger partial charge >= 0.3 is 6.03 Å². The molecule has 0 atom stereocenters. The molecular weight excluding hydrogens is 412 g/mol. The third-order valence-corrected chi connectivity index (χ3v) is 6.19. The van der Waals surface area contributed by atoms with Crippen molar-refractivity contribution in [1.82, 2.24) is 15.3 Å². The highest BCUT2D eigenvalue weighted by atomic mass is 16.2. The highest BCUT2D eigenvalue weighted by Crippen LogP contribution is 2.26. The third-order valence-electron chi connectivity index (χ3n) is 6.19. The van der Waals surface area contributed by atoms with E-state index in [4.69, 9.17) is 9.97 Å². The quantitative estimate of drug-likeness (QED) is 0.465. The van der Waals surface area contributed by atoms with E-state index in [2.05, 4.69) is 35.0 Å². The number of hydrogen-bond acceptors (Lipinski definition) is 5. The van der Waals surface area contributed by atoms with Crippen molar-refractivity contribution in [2.24, 2.45) is 0 Å². The minimum absolute atomic E-state index is 0.122. The topological polar surface area (TPSA) is 82.2 Å². The van der Waals surface area contributed by atoms with Gasteiger partial charge in [0.1, 0.15) is 5.82 Å². The molecule has 1 aliphatic carbocycles. The van der Waals surface area contributed by atoms with Crippen LogP contribution < -0.4 is 20.9 Å². The fraction of sp³-hybridized carbons (Fsp3) is 0.423. The number of carbonyl (C=O) groups is 1. The van der Waals surface area contributed by atoms with Gasteiger partial charge in [-0.25, -0.2) is 9.78 Å². The maximum absolute atomic E-state index is 12.6. The van der Waals surface area contributed by atoms with Gasteiger partial charge in [0.25, 0.3) is 0 Å². The Hall–Kier alpha value is -3.35. The monoisotopic (exact) mass is 446 g/mol. The maximum Gasteiger partial charge on any atom is 0.319 e. The summed E-state index contributed by atoms with van der Waals surface area (Å²) in [7, 11) is 4.00. The number of aryl methyl sites for hydroxylation is 1. The van der Waals surface area contributed by atoms with Crippen LogP contribution in [0.3, 0.4) is 0 Å². The van der Waals surface area contributed by atoms with Crippen LogP contribution in [-0.4, -0.2) is 42.2 Å². The second kappa shape index (κ2) is 10.5. The summed E-state index contributed by atoms with van der Waals surface area (Å²) in [6.07, 6.45) is 5.79. The number of benzene rings is 2. The van der Waals surface area contributed by atoms with Gasteiger partial charge in [0.2, 0.25) is 5.95 Å². The van der Waals surface area contributed by atoms with E-state index in [0.29, 0.717) is 12.0 Å². The first kappa shape index (κ1) is 22.8. The summed E-state index contributed by atoms with van der Waals surface area (Å²) >= 11 is 0. The summed E-state index contributed by atoms with van der Waals surface area (Å²) in [5.41, 5.74) is 3.02. The zero-order valence-electron chi connectivity index (χ0n) is 19.8. The van der Waals surface area contributed by atoms with E-state index in [0.717, 1.165) is 60.9 Å². The van der Waals surface area contributed by atoms with Crippen LogP contribution in [0.2, 0.25) is 0 Å². The molecule has 7 nitrogen and oxygen atoms in total. The van der Waals surface area contributed by atoms with Gasteiger partial charge in [0.15, 0.2) is 0 Å². The molecule has 0 aliphatic heterocycles. The Kier molecular flexibility index (Phi) is 7.27. The molecule has 2 aromatic carbocycles. The molecule has 1 aliphatic rings. The second-order valence-electron chi connectivity index (χ2n) is 8.98. The van der Waals surface area contributed by atoms with Crippen molar-refractivity contribution in [2.75, 3.05) is 29.6 Å². The van der Waals surface area contributed by atoms with Crippen LogP contribution >= 0.6 is 0 Å². The maximum atomic E-state index is 12.6. The van der Waals surface area contributed by atoms with Gasteiger partial charge in [-0.15, -0.1) is 0 Å². The Morgan fingerprint density at radius 2 is 1.67 bits per heavy atom. The molecule has 2 amide bonds. The fourth-order valence-corrected chi connectivity index (χ4v) is 4.50. The van der Waals surface area contributed by atoms with Crippen molar-refractivity contribution in [3.05, 3.63) is 54.1 Å². The standard InChI is InChI=1S/C26H34N6O/c1-4-9-18-10-5-7-12-22(18)30-26(33)28-20-16-14-19(15-17-20)27-25-29-23-13-8-6-11-21(23)24(31-25)32(2)3/h5-8,10-13,19-20H,4,9,14-17H2,1-3H3,(H,27,29,31)(H2,28,30,33)/t19-,20+. The summed E-state index contributed by atoms with van der Waals surface area (Å²) in [6.45, 7) is 2.15. The second-order valence-corrected chi connectivity index (χ2v) is 8.98. The van der Waals surface area contributed by atoms with Gasteiger partial charge in [-0.05, 0) is 55.9 Å². The van der Waals surface area contributed by atoms with Crippen LogP contribution in [0.15, 0.2) is 48.5 Å². The van der Waals surface area contributed by atoms with Crippen molar-refractivity contribution in [3.63, 3.8) is 0 Å². The van der Waals surface area contributed by atoms with E-state index in [-0.39, 0.29) is 12.1 Å². The number of para-hydroxylation sites is 2. The zero-order chi connectivity index (χ0) is 23.2. The first-order valence-electron chi connectivity index (χ1n) is 11.9. The van der Waals surface area contributed by atoms with Gasteiger partial charge in [0, 0.05) is 37.3 Å². The fourth-order valence-electron chi connectivity index (χ4n) is 4.50. The number of fused-ring (bicyclic) bond motifs is 1. The van der Waals surface area contributed by atoms with Crippen molar-refractivity contribution in [3.8, 4) is 0 Å². The van der Waals surface area contributed by atoms with Gasteiger partial charge in [0.05, 0.1) is 5.52 Å². The lowest BCUT2D eigenvalue weighted by Gasteiger charge is -2.30.